The highest BCUT2D eigenvalue weighted by atomic mass is 16.3. The zero-order valence-electron chi connectivity index (χ0n) is 8.19. The van der Waals surface area contributed by atoms with Crippen LogP contribution in [0.1, 0.15) is 11.1 Å². The van der Waals surface area contributed by atoms with Gasteiger partial charge < -0.3 is 10.2 Å². The molecule has 2 N–H and O–H groups in total. The van der Waals surface area contributed by atoms with Crippen LogP contribution in [0.3, 0.4) is 0 Å². The fourth-order valence-corrected chi connectivity index (χ4v) is 1.38. The number of nitriles is 1. The van der Waals surface area contributed by atoms with Gasteiger partial charge in [-0.25, -0.2) is 4.98 Å². The molecule has 0 saturated heterocycles. The van der Waals surface area contributed by atoms with E-state index < -0.39 is 0 Å². The minimum absolute atomic E-state index is 0.414. The normalized spacial score (nSPS) is 9.87. The van der Waals surface area contributed by atoms with Gasteiger partial charge in [0.1, 0.15) is 12.3 Å². The van der Waals surface area contributed by atoms with Gasteiger partial charge in [-0.3, -0.25) is 0 Å². The molecule has 0 aliphatic carbocycles. The summed E-state index contributed by atoms with van der Waals surface area (Å²) in [7, 11) is 0. The molecule has 2 rings (SSSR count). The lowest BCUT2D eigenvalue weighted by atomic mass is 10.0. The SMILES string of the molecule is Cc1ccc(-c2ncco2)c(C#N)c1N. The summed E-state index contributed by atoms with van der Waals surface area (Å²) in [6.07, 6.45) is 3.00. The van der Waals surface area contributed by atoms with E-state index in [4.69, 9.17) is 15.4 Å². The minimum atomic E-state index is 0.414. The molecule has 1 heterocycles. The molecule has 1 aromatic carbocycles. The molecule has 0 spiro atoms. The Morgan fingerprint density at radius 3 is 2.87 bits per heavy atom. The van der Waals surface area contributed by atoms with Crippen molar-refractivity contribution in [2.24, 2.45) is 0 Å². The highest BCUT2D eigenvalue weighted by Crippen LogP contribution is 2.28. The summed E-state index contributed by atoms with van der Waals surface area (Å²) in [4.78, 5) is 3.99. The van der Waals surface area contributed by atoms with Gasteiger partial charge in [0.15, 0.2) is 0 Å². The van der Waals surface area contributed by atoms with Crippen molar-refractivity contribution in [3.63, 3.8) is 0 Å². The third-order valence-electron chi connectivity index (χ3n) is 2.24. The second kappa shape index (κ2) is 3.46. The average Bonchev–Trinajstić information content (AvgIpc) is 2.75. The molecular formula is C11H9N3O. The molecule has 2 aromatic rings. The highest BCUT2D eigenvalue weighted by molar-refractivity contribution is 5.74. The largest absolute Gasteiger partial charge is 0.444 e. The number of anilines is 1. The monoisotopic (exact) mass is 199 g/mol. The smallest absolute Gasteiger partial charge is 0.227 e. The maximum Gasteiger partial charge on any atom is 0.227 e. The van der Waals surface area contributed by atoms with Gasteiger partial charge in [0, 0.05) is 0 Å². The average molecular weight is 199 g/mol. The first-order valence-corrected chi connectivity index (χ1v) is 4.43. The minimum Gasteiger partial charge on any atom is -0.444 e. The maximum atomic E-state index is 9.02. The lowest BCUT2D eigenvalue weighted by Crippen LogP contribution is -1.96. The first-order valence-electron chi connectivity index (χ1n) is 4.43. The number of nitrogens with zero attached hydrogens (tertiary/aromatic N) is 2. The van der Waals surface area contributed by atoms with Crippen molar-refractivity contribution < 1.29 is 4.42 Å². The van der Waals surface area contributed by atoms with E-state index in [-0.39, 0.29) is 0 Å². The Morgan fingerprint density at radius 1 is 1.47 bits per heavy atom. The standard InChI is InChI=1S/C11H9N3O/c1-7-2-3-8(9(6-12)10(7)13)11-14-4-5-15-11/h2-5H,13H2,1H3. The molecule has 0 aliphatic heterocycles. The maximum absolute atomic E-state index is 9.02. The molecule has 0 amide bonds. The topological polar surface area (TPSA) is 75.8 Å². The lowest BCUT2D eigenvalue weighted by Gasteiger charge is -2.05. The molecule has 0 saturated carbocycles. The van der Waals surface area contributed by atoms with E-state index in [2.05, 4.69) is 11.1 Å². The van der Waals surface area contributed by atoms with Crippen molar-refractivity contribution >= 4 is 5.69 Å². The van der Waals surface area contributed by atoms with E-state index in [9.17, 15) is 0 Å². The van der Waals surface area contributed by atoms with Crippen LogP contribution in [0.25, 0.3) is 11.5 Å². The molecule has 0 unspecified atom stereocenters. The number of aromatic nitrogens is 1. The molecule has 0 fully saturated rings. The van der Waals surface area contributed by atoms with Crippen LogP contribution in [0, 0.1) is 18.3 Å². The molecule has 15 heavy (non-hydrogen) atoms. The van der Waals surface area contributed by atoms with Crippen LogP contribution in [0.2, 0.25) is 0 Å². The number of oxazole rings is 1. The summed E-state index contributed by atoms with van der Waals surface area (Å²) in [5, 5.41) is 9.02. The van der Waals surface area contributed by atoms with Crippen LogP contribution >= 0.6 is 0 Å². The van der Waals surface area contributed by atoms with Crippen LogP contribution in [0.5, 0.6) is 0 Å². The van der Waals surface area contributed by atoms with E-state index >= 15 is 0 Å². The molecule has 0 atom stereocenters. The third-order valence-corrected chi connectivity index (χ3v) is 2.24. The van der Waals surface area contributed by atoms with E-state index in [1.165, 1.54) is 12.5 Å². The van der Waals surface area contributed by atoms with Crippen molar-refractivity contribution in [1.82, 2.24) is 4.98 Å². The fraction of sp³-hybridized carbons (Fsp3) is 0.0909. The predicted molar refractivity (Wildman–Crippen MR) is 55.8 cm³/mol. The van der Waals surface area contributed by atoms with Crippen molar-refractivity contribution in [3.8, 4) is 17.5 Å². The second-order valence-electron chi connectivity index (χ2n) is 3.17. The Kier molecular flexibility index (Phi) is 2.14. The quantitative estimate of drug-likeness (QED) is 0.713. The molecule has 4 heteroatoms. The number of benzene rings is 1. The van der Waals surface area contributed by atoms with Crippen LogP contribution in [0.4, 0.5) is 5.69 Å². The molecule has 4 nitrogen and oxygen atoms in total. The second-order valence-corrected chi connectivity index (χ2v) is 3.17. The first-order chi connectivity index (χ1) is 7.24. The van der Waals surface area contributed by atoms with Crippen molar-refractivity contribution in [2.75, 3.05) is 5.73 Å². The Morgan fingerprint density at radius 2 is 2.27 bits per heavy atom. The molecule has 74 valence electrons. The van der Waals surface area contributed by atoms with Crippen LogP contribution in [-0.2, 0) is 0 Å². The van der Waals surface area contributed by atoms with Crippen molar-refractivity contribution in [2.45, 2.75) is 6.92 Å². The van der Waals surface area contributed by atoms with Crippen LogP contribution < -0.4 is 5.73 Å². The van der Waals surface area contributed by atoms with Crippen LogP contribution in [-0.4, -0.2) is 4.98 Å². The summed E-state index contributed by atoms with van der Waals surface area (Å²) < 4.78 is 5.14. The van der Waals surface area contributed by atoms with Gasteiger partial charge in [0.2, 0.25) is 5.89 Å². The van der Waals surface area contributed by atoms with Gasteiger partial charge in [-0.1, -0.05) is 6.07 Å². The molecule has 0 aliphatic rings. The summed E-state index contributed by atoms with van der Waals surface area (Å²) in [5.41, 5.74) is 8.21. The van der Waals surface area contributed by atoms with Gasteiger partial charge in [0.25, 0.3) is 0 Å². The number of hydrogen-bond acceptors (Lipinski definition) is 4. The van der Waals surface area contributed by atoms with Gasteiger partial charge in [0.05, 0.1) is 23.0 Å². The zero-order valence-corrected chi connectivity index (χ0v) is 8.19. The van der Waals surface area contributed by atoms with Gasteiger partial charge in [-0.05, 0) is 18.6 Å². The van der Waals surface area contributed by atoms with E-state index in [1.54, 1.807) is 6.07 Å². The number of hydrogen-bond donors (Lipinski definition) is 1. The summed E-state index contributed by atoms with van der Waals surface area (Å²) in [6, 6.07) is 5.70. The third kappa shape index (κ3) is 1.44. The van der Waals surface area contributed by atoms with Gasteiger partial charge in [-0.2, -0.15) is 5.26 Å². The van der Waals surface area contributed by atoms with E-state index in [0.29, 0.717) is 22.7 Å². The Hall–Kier alpha value is -2.28. The highest BCUT2D eigenvalue weighted by Gasteiger charge is 2.12. The molecular weight excluding hydrogens is 190 g/mol. The summed E-state index contributed by atoms with van der Waals surface area (Å²) in [5.74, 6) is 0.415. The Balaban J connectivity index is 2.69. The van der Waals surface area contributed by atoms with Crippen molar-refractivity contribution in [1.29, 1.82) is 5.26 Å². The fourth-order valence-electron chi connectivity index (χ4n) is 1.38. The van der Waals surface area contributed by atoms with Gasteiger partial charge >= 0.3 is 0 Å². The van der Waals surface area contributed by atoms with Gasteiger partial charge in [-0.15, -0.1) is 0 Å². The van der Waals surface area contributed by atoms with E-state index in [1.807, 2.05) is 13.0 Å². The number of nitrogens with two attached hydrogens (primary N) is 1. The predicted octanol–water partition coefficient (Wildman–Crippen LogP) is 2.10. The number of rotatable bonds is 1. The van der Waals surface area contributed by atoms with Crippen molar-refractivity contribution in [3.05, 3.63) is 35.7 Å². The number of aryl methyl sites for hydroxylation is 1. The zero-order chi connectivity index (χ0) is 10.8. The number of nitrogen functional groups attached to an aromatic ring is 1. The summed E-state index contributed by atoms with van der Waals surface area (Å²) in [6.45, 7) is 1.86. The molecule has 0 bridgehead atoms. The summed E-state index contributed by atoms with van der Waals surface area (Å²) >= 11 is 0. The molecule has 1 aromatic heterocycles. The Labute approximate surface area is 87.0 Å². The molecule has 0 radical (unpaired) electrons. The first kappa shape index (κ1) is 9.28. The van der Waals surface area contributed by atoms with Crippen LogP contribution in [0.15, 0.2) is 29.0 Å². The Bertz CT molecular complexity index is 524. The lowest BCUT2D eigenvalue weighted by molar-refractivity contribution is 0.574. The van der Waals surface area contributed by atoms with E-state index in [0.717, 1.165) is 5.56 Å².